The van der Waals surface area contributed by atoms with Crippen molar-refractivity contribution in [2.75, 3.05) is 0 Å². The van der Waals surface area contributed by atoms with E-state index in [1.54, 1.807) is 17.6 Å². The van der Waals surface area contributed by atoms with Crippen molar-refractivity contribution < 1.29 is 0 Å². The van der Waals surface area contributed by atoms with E-state index in [2.05, 4.69) is 16.7 Å². The molecule has 0 radical (unpaired) electrons. The number of hydrogen-bond acceptors (Lipinski definition) is 5. The Hall–Kier alpha value is -3.50. The lowest BCUT2D eigenvalue weighted by Gasteiger charge is -2.22. The van der Waals surface area contributed by atoms with E-state index in [0.717, 1.165) is 69.4 Å². The number of nitrogens with zero attached hydrogens (tertiary/aromatic N) is 5. The SMILES string of the molecule is Cc1sc(-n2c(C)cc(C=Nn3c(C4CCCCC4)nc4ccccc4c3=O)c2C)c(C#N)c1C. The lowest BCUT2D eigenvalue weighted by molar-refractivity contribution is 0.416. The van der Waals surface area contributed by atoms with Crippen molar-refractivity contribution in [2.24, 2.45) is 5.10 Å². The summed E-state index contributed by atoms with van der Waals surface area (Å²) in [5.41, 5.74) is 5.29. The Kier molecular flexibility index (Phi) is 6.16. The minimum absolute atomic E-state index is 0.127. The lowest BCUT2D eigenvalue weighted by atomic mass is 9.88. The fraction of sp³-hybridized carbons (Fsp3) is 0.357. The van der Waals surface area contributed by atoms with E-state index < -0.39 is 0 Å². The molecule has 0 spiro atoms. The molecule has 1 saturated carbocycles. The summed E-state index contributed by atoms with van der Waals surface area (Å²) in [6.07, 6.45) is 7.36. The van der Waals surface area contributed by atoms with Gasteiger partial charge in [-0.3, -0.25) is 4.79 Å². The number of aryl methyl sites for hydroxylation is 2. The molecule has 4 aromatic rings. The number of benzene rings is 1. The van der Waals surface area contributed by atoms with Crippen molar-refractivity contribution in [3.63, 3.8) is 0 Å². The van der Waals surface area contributed by atoms with E-state index in [4.69, 9.17) is 10.1 Å². The van der Waals surface area contributed by atoms with Crippen LogP contribution >= 0.6 is 11.3 Å². The number of thiophene rings is 1. The number of fused-ring (bicyclic) bond motifs is 1. The average Bonchev–Trinajstić information content (AvgIpc) is 3.31. The van der Waals surface area contributed by atoms with Gasteiger partial charge < -0.3 is 4.57 Å². The van der Waals surface area contributed by atoms with Crippen LogP contribution in [0.15, 0.2) is 40.2 Å². The summed E-state index contributed by atoms with van der Waals surface area (Å²) in [4.78, 5) is 19.5. The molecule has 7 heteroatoms. The molecule has 3 aromatic heterocycles. The Morgan fingerprint density at radius 1 is 1.14 bits per heavy atom. The maximum absolute atomic E-state index is 13.5. The molecule has 1 fully saturated rings. The highest BCUT2D eigenvalue weighted by atomic mass is 32.1. The van der Waals surface area contributed by atoms with E-state index in [9.17, 15) is 10.1 Å². The quantitative estimate of drug-likeness (QED) is 0.320. The van der Waals surface area contributed by atoms with Gasteiger partial charge in [0, 0.05) is 27.7 Å². The molecule has 6 nitrogen and oxygen atoms in total. The number of rotatable bonds is 4. The zero-order chi connectivity index (χ0) is 24.7. The van der Waals surface area contributed by atoms with Crippen LogP contribution in [0.5, 0.6) is 0 Å². The van der Waals surface area contributed by atoms with Crippen LogP contribution in [-0.4, -0.2) is 20.4 Å². The van der Waals surface area contributed by atoms with Crippen molar-refractivity contribution in [1.29, 1.82) is 5.26 Å². The molecule has 0 N–H and O–H groups in total. The standard InChI is InChI=1S/C28H29N5OS/c1-17-14-22(19(3)32(17)28-24(15-29)18(2)20(4)35-28)16-30-33-26(21-10-6-5-7-11-21)31-25-13-9-8-12-23(25)27(33)34/h8-9,12-14,16,21H,5-7,10-11H2,1-4H3. The predicted molar refractivity (Wildman–Crippen MR) is 142 cm³/mol. The van der Waals surface area contributed by atoms with Crippen LogP contribution in [0, 0.1) is 39.0 Å². The molecule has 3 heterocycles. The summed E-state index contributed by atoms with van der Waals surface area (Å²) >= 11 is 1.63. The van der Waals surface area contributed by atoms with E-state index in [1.807, 2.05) is 52.0 Å². The number of aromatic nitrogens is 3. The van der Waals surface area contributed by atoms with Crippen LogP contribution in [-0.2, 0) is 0 Å². The Morgan fingerprint density at radius 3 is 2.63 bits per heavy atom. The molecular formula is C28H29N5OS. The second kappa shape index (κ2) is 9.27. The second-order valence-corrected chi connectivity index (χ2v) is 10.6. The van der Waals surface area contributed by atoms with Gasteiger partial charge in [0.05, 0.1) is 22.7 Å². The molecular weight excluding hydrogens is 454 g/mol. The van der Waals surface area contributed by atoms with Crippen LogP contribution in [0.2, 0.25) is 0 Å². The zero-order valence-electron chi connectivity index (χ0n) is 20.6. The Bertz CT molecular complexity index is 1560. The third-order valence-corrected chi connectivity index (χ3v) is 8.41. The van der Waals surface area contributed by atoms with Crippen molar-refractivity contribution in [2.45, 2.75) is 65.7 Å². The molecule has 0 saturated heterocycles. The lowest BCUT2D eigenvalue weighted by Crippen LogP contribution is -2.25. The normalized spacial score (nSPS) is 14.7. The zero-order valence-corrected chi connectivity index (χ0v) is 21.4. The van der Waals surface area contributed by atoms with Gasteiger partial charge in [0.25, 0.3) is 5.56 Å². The minimum Gasteiger partial charge on any atom is -0.308 e. The summed E-state index contributed by atoms with van der Waals surface area (Å²) in [5, 5.41) is 16.0. The van der Waals surface area contributed by atoms with E-state index >= 15 is 0 Å². The molecule has 0 bridgehead atoms. The third kappa shape index (κ3) is 4.02. The average molecular weight is 484 g/mol. The first-order valence-corrected chi connectivity index (χ1v) is 13.0. The van der Waals surface area contributed by atoms with Gasteiger partial charge in [-0.15, -0.1) is 11.3 Å². The van der Waals surface area contributed by atoms with E-state index in [-0.39, 0.29) is 11.5 Å². The molecule has 35 heavy (non-hydrogen) atoms. The predicted octanol–water partition coefficient (Wildman–Crippen LogP) is 6.28. The molecule has 178 valence electrons. The highest BCUT2D eigenvalue weighted by molar-refractivity contribution is 7.14. The summed E-state index contributed by atoms with van der Waals surface area (Å²) in [6.45, 7) is 8.11. The van der Waals surface area contributed by atoms with Gasteiger partial charge in [-0.2, -0.15) is 15.0 Å². The monoisotopic (exact) mass is 483 g/mol. The molecule has 0 atom stereocenters. The van der Waals surface area contributed by atoms with Gasteiger partial charge >= 0.3 is 0 Å². The molecule has 5 rings (SSSR count). The van der Waals surface area contributed by atoms with Gasteiger partial charge in [0.15, 0.2) is 0 Å². The molecule has 1 aromatic carbocycles. The minimum atomic E-state index is -0.127. The van der Waals surface area contributed by atoms with Crippen LogP contribution in [0.4, 0.5) is 0 Å². The Balaban J connectivity index is 1.62. The Labute approximate surface area is 209 Å². The third-order valence-electron chi connectivity index (χ3n) is 7.21. The summed E-state index contributed by atoms with van der Waals surface area (Å²) in [5.74, 6) is 0.996. The molecule has 0 amide bonds. The second-order valence-electron chi connectivity index (χ2n) is 9.42. The first-order chi connectivity index (χ1) is 16.9. The fourth-order valence-electron chi connectivity index (χ4n) is 5.13. The van der Waals surface area contributed by atoms with Crippen molar-refractivity contribution >= 4 is 28.5 Å². The van der Waals surface area contributed by atoms with Crippen LogP contribution in [0.1, 0.15) is 76.8 Å². The smallest absolute Gasteiger partial charge is 0.282 e. The molecule has 1 aliphatic carbocycles. The largest absolute Gasteiger partial charge is 0.308 e. The molecule has 0 aliphatic heterocycles. The van der Waals surface area contributed by atoms with Crippen LogP contribution in [0.25, 0.3) is 15.9 Å². The summed E-state index contributed by atoms with van der Waals surface area (Å²) in [6, 6.07) is 11.9. The molecule has 1 aliphatic rings. The van der Waals surface area contributed by atoms with E-state index in [1.165, 1.54) is 11.1 Å². The Morgan fingerprint density at radius 2 is 1.89 bits per heavy atom. The van der Waals surface area contributed by atoms with Gasteiger partial charge in [0.1, 0.15) is 16.9 Å². The maximum atomic E-state index is 13.5. The summed E-state index contributed by atoms with van der Waals surface area (Å²) < 4.78 is 3.64. The topological polar surface area (TPSA) is 76.0 Å². The first-order valence-electron chi connectivity index (χ1n) is 12.2. The van der Waals surface area contributed by atoms with Gasteiger partial charge in [-0.05, 0) is 64.3 Å². The van der Waals surface area contributed by atoms with Crippen LogP contribution in [0.3, 0.4) is 0 Å². The van der Waals surface area contributed by atoms with Gasteiger partial charge in [0.2, 0.25) is 0 Å². The number of hydrogen-bond donors (Lipinski definition) is 0. The van der Waals surface area contributed by atoms with Crippen molar-refractivity contribution in [1.82, 2.24) is 14.2 Å². The summed E-state index contributed by atoms with van der Waals surface area (Å²) in [7, 11) is 0. The van der Waals surface area contributed by atoms with E-state index in [0.29, 0.717) is 10.9 Å². The first kappa shape index (κ1) is 23.3. The van der Waals surface area contributed by atoms with Gasteiger partial charge in [-0.25, -0.2) is 4.98 Å². The number of para-hydroxylation sites is 1. The highest BCUT2D eigenvalue weighted by Crippen LogP contribution is 2.34. The maximum Gasteiger partial charge on any atom is 0.282 e. The van der Waals surface area contributed by atoms with Crippen molar-refractivity contribution in [3.8, 4) is 11.1 Å². The highest BCUT2D eigenvalue weighted by Gasteiger charge is 2.23. The van der Waals surface area contributed by atoms with Gasteiger partial charge in [-0.1, -0.05) is 31.4 Å². The number of nitriles is 1. The van der Waals surface area contributed by atoms with Crippen molar-refractivity contribution in [3.05, 3.63) is 79.5 Å². The molecule has 0 unspecified atom stereocenters. The van der Waals surface area contributed by atoms with Crippen LogP contribution < -0.4 is 5.56 Å². The fourth-order valence-corrected chi connectivity index (χ4v) is 6.34.